The van der Waals surface area contributed by atoms with Gasteiger partial charge in [-0.1, -0.05) is 47.9 Å². The Labute approximate surface area is 85.9 Å². The summed E-state index contributed by atoms with van der Waals surface area (Å²) in [5, 5.41) is 0. The van der Waals surface area contributed by atoms with Gasteiger partial charge in [0.2, 0.25) is 0 Å². The third-order valence-corrected chi connectivity index (χ3v) is 1.76. The summed E-state index contributed by atoms with van der Waals surface area (Å²) >= 11 is 0. The van der Waals surface area contributed by atoms with Gasteiger partial charge in [0.05, 0.1) is 0 Å². The lowest BCUT2D eigenvalue weighted by Gasteiger charge is -1.84. The van der Waals surface area contributed by atoms with E-state index in [1.54, 1.807) is 0 Å². The van der Waals surface area contributed by atoms with Gasteiger partial charge in [0.1, 0.15) is 0 Å². The molecule has 0 spiro atoms. The molecule has 0 bridgehead atoms. The van der Waals surface area contributed by atoms with E-state index in [-0.39, 0.29) is 0 Å². The first-order chi connectivity index (χ1) is 6.83. The SMILES string of the molecule is CC#Cc1ccccc(C)cccc1. The molecule has 1 rings (SSSR count). The van der Waals surface area contributed by atoms with Gasteiger partial charge in [0.25, 0.3) is 0 Å². The van der Waals surface area contributed by atoms with Crippen molar-refractivity contribution in [2.24, 2.45) is 0 Å². The van der Waals surface area contributed by atoms with Crippen LogP contribution in [0.4, 0.5) is 0 Å². The Morgan fingerprint density at radius 1 is 0.857 bits per heavy atom. The molecule has 0 aliphatic rings. The Morgan fingerprint density at radius 3 is 1.86 bits per heavy atom. The lowest BCUT2D eigenvalue weighted by atomic mass is 10.2. The van der Waals surface area contributed by atoms with E-state index in [2.05, 4.69) is 30.9 Å². The molecule has 0 aliphatic heterocycles. The molecule has 0 saturated carbocycles. The Kier molecular flexibility index (Phi) is 4.31. The van der Waals surface area contributed by atoms with Crippen molar-refractivity contribution >= 4 is 0 Å². The summed E-state index contributed by atoms with van der Waals surface area (Å²) in [6, 6.07) is 16.2. The standard InChI is InChI=1S/C14H14/c1-3-8-14-11-6-4-9-13(2)10-5-7-12-14/h4-7,9-12H,1-2H3. The average molecular weight is 182 g/mol. The predicted octanol–water partition coefficient (Wildman–Crippen LogP) is 3.49. The molecule has 1 aromatic rings. The van der Waals surface area contributed by atoms with Crippen molar-refractivity contribution in [3.05, 3.63) is 59.7 Å². The monoisotopic (exact) mass is 182 g/mol. The molecule has 0 atom stereocenters. The minimum atomic E-state index is 1.03. The van der Waals surface area contributed by atoms with Gasteiger partial charge in [-0.05, 0) is 26.0 Å². The molecule has 0 saturated heterocycles. The molecule has 0 N–H and O–H groups in total. The molecule has 0 amide bonds. The van der Waals surface area contributed by atoms with Crippen molar-refractivity contribution in [1.82, 2.24) is 0 Å². The largest absolute Gasteiger partial charge is 0.101 e. The molecule has 0 fully saturated rings. The van der Waals surface area contributed by atoms with Gasteiger partial charge in [0, 0.05) is 5.56 Å². The van der Waals surface area contributed by atoms with Gasteiger partial charge < -0.3 is 0 Å². The zero-order valence-corrected chi connectivity index (χ0v) is 8.62. The van der Waals surface area contributed by atoms with Crippen LogP contribution in [0.25, 0.3) is 0 Å². The van der Waals surface area contributed by atoms with Crippen molar-refractivity contribution in [3.63, 3.8) is 0 Å². The number of hydrogen-bond acceptors (Lipinski definition) is 0. The van der Waals surface area contributed by atoms with Gasteiger partial charge in [-0.15, -0.1) is 5.92 Å². The summed E-state index contributed by atoms with van der Waals surface area (Å²) in [5.74, 6) is 5.92. The maximum Gasteiger partial charge on any atom is 0.0245 e. The zero-order chi connectivity index (χ0) is 10.2. The van der Waals surface area contributed by atoms with E-state index in [0.717, 1.165) is 5.56 Å². The van der Waals surface area contributed by atoms with Gasteiger partial charge >= 0.3 is 0 Å². The highest BCUT2D eigenvalue weighted by atomic mass is 13.8. The Balaban J connectivity index is 3.21. The predicted molar refractivity (Wildman–Crippen MR) is 61.4 cm³/mol. The van der Waals surface area contributed by atoms with Crippen molar-refractivity contribution in [2.45, 2.75) is 13.8 Å². The molecule has 0 radical (unpaired) electrons. The van der Waals surface area contributed by atoms with Crippen LogP contribution in [-0.2, 0) is 0 Å². The molecular weight excluding hydrogens is 168 g/mol. The van der Waals surface area contributed by atoms with E-state index in [1.165, 1.54) is 5.56 Å². The first-order valence-electron chi connectivity index (χ1n) is 4.65. The molecule has 0 unspecified atom stereocenters. The van der Waals surface area contributed by atoms with Crippen molar-refractivity contribution < 1.29 is 0 Å². The van der Waals surface area contributed by atoms with Gasteiger partial charge in [-0.3, -0.25) is 0 Å². The van der Waals surface area contributed by atoms with E-state index >= 15 is 0 Å². The van der Waals surface area contributed by atoms with Crippen LogP contribution in [0, 0.1) is 18.8 Å². The van der Waals surface area contributed by atoms with Crippen LogP contribution in [0.15, 0.2) is 48.5 Å². The molecular formula is C14H14. The van der Waals surface area contributed by atoms with Gasteiger partial charge in [-0.2, -0.15) is 0 Å². The van der Waals surface area contributed by atoms with Gasteiger partial charge in [-0.25, -0.2) is 0 Å². The molecule has 0 heteroatoms. The van der Waals surface area contributed by atoms with E-state index in [0.29, 0.717) is 0 Å². The maximum atomic E-state index is 3.03. The fourth-order valence-electron chi connectivity index (χ4n) is 1.07. The lowest BCUT2D eigenvalue weighted by molar-refractivity contribution is 1.49. The van der Waals surface area contributed by atoms with E-state index in [1.807, 2.05) is 43.3 Å². The fraction of sp³-hybridized carbons (Fsp3) is 0.143. The molecule has 1 aromatic carbocycles. The average Bonchev–Trinajstić information content (AvgIpc) is 2.19. The van der Waals surface area contributed by atoms with Crippen molar-refractivity contribution in [3.8, 4) is 11.8 Å². The van der Waals surface area contributed by atoms with E-state index in [4.69, 9.17) is 0 Å². The third-order valence-electron chi connectivity index (χ3n) is 1.76. The molecule has 14 heavy (non-hydrogen) atoms. The van der Waals surface area contributed by atoms with E-state index in [9.17, 15) is 0 Å². The highest BCUT2D eigenvalue weighted by molar-refractivity contribution is 5.31. The second kappa shape index (κ2) is 5.83. The van der Waals surface area contributed by atoms with Crippen molar-refractivity contribution in [2.75, 3.05) is 0 Å². The van der Waals surface area contributed by atoms with Crippen LogP contribution in [0.5, 0.6) is 0 Å². The topological polar surface area (TPSA) is 0 Å². The zero-order valence-electron chi connectivity index (χ0n) is 8.62. The van der Waals surface area contributed by atoms with Crippen molar-refractivity contribution in [1.29, 1.82) is 0 Å². The summed E-state index contributed by atoms with van der Waals surface area (Å²) < 4.78 is 0. The quantitative estimate of drug-likeness (QED) is 0.539. The first kappa shape index (κ1) is 10.3. The molecule has 0 nitrogen and oxygen atoms in total. The molecule has 0 aliphatic carbocycles. The molecule has 70 valence electrons. The third kappa shape index (κ3) is 3.78. The normalized spacial score (nSPS) is 8.14. The minimum Gasteiger partial charge on any atom is -0.101 e. The van der Waals surface area contributed by atoms with Crippen LogP contribution < -0.4 is 0 Å². The Hall–Kier alpha value is -1.74. The number of hydrogen-bond donors (Lipinski definition) is 0. The number of rotatable bonds is 0. The molecule has 0 aromatic heterocycles. The Bertz CT molecular complexity index is 376. The van der Waals surface area contributed by atoms with Gasteiger partial charge in [0.15, 0.2) is 0 Å². The Morgan fingerprint density at radius 2 is 1.36 bits per heavy atom. The second-order valence-electron chi connectivity index (χ2n) is 3.01. The summed E-state index contributed by atoms with van der Waals surface area (Å²) in [6.07, 6.45) is 0. The van der Waals surface area contributed by atoms with Crippen LogP contribution in [0.2, 0.25) is 0 Å². The summed E-state index contributed by atoms with van der Waals surface area (Å²) in [6.45, 7) is 3.92. The van der Waals surface area contributed by atoms with Crippen LogP contribution >= 0.6 is 0 Å². The van der Waals surface area contributed by atoms with Crippen LogP contribution in [-0.4, -0.2) is 0 Å². The van der Waals surface area contributed by atoms with E-state index < -0.39 is 0 Å². The van der Waals surface area contributed by atoms with Crippen LogP contribution in [0.1, 0.15) is 18.1 Å². The lowest BCUT2D eigenvalue weighted by Crippen LogP contribution is -1.67. The summed E-state index contributed by atoms with van der Waals surface area (Å²) in [4.78, 5) is 0. The fourth-order valence-corrected chi connectivity index (χ4v) is 1.07. The summed E-state index contributed by atoms with van der Waals surface area (Å²) in [5.41, 5.74) is 2.27. The summed E-state index contributed by atoms with van der Waals surface area (Å²) in [7, 11) is 0. The minimum absolute atomic E-state index is 1.03. The molecule has 0 heterocycles. The highest BCUT2D eigenvalue weighted by Crippen LogP contribution is 1.94. The van der Waals surface area contributed by atoms with Crippen LogP contribution in [0.3, 0.4) is 0 Å². The maximum absolute atomic E-state index is 3.03. The smallest absolute Gasteiger partial charge is 0.0245 e. The second-order valence-corrected chi connectivity index (χ2v) is 3.01. The first-order valence-corrected chi connectivity index (χ1v) is 4.65. The highest BCUT2D eigenvalue weighted by Gasteiger charge is 1.77. The number of aryl methyl sites for hydroxylation is 1.